The third-order valence-corrected chi connectivity index (χ3v) is 3.06. The average Bonchev–Trinajstić information content (AvgIpc) is 2.53. The summed E-state index contributed by atoms with van der Waals surface area (Å²) in [7, 11) is 1.26. The molecule has 0 fully saturated rings. The normalized spacial score (nSPS) is 10.6. The number of phenolic OH excluding ortho intramolecular Hbond substituents is 1. The standard InChI is InChI=1S/C16H13NO5/c1-22-15(18)10-7-12-3-2-4-14(16(12)19)11-5-8-13(9-6-11)17(20)21/h2-10,19H,1H3/b10-7+. The van der Waals surface area contributed by atoms with Gasteiger partial charge in [-0.1, -0.05) is 18.2 Å². The molecule has 0 saturated heterocycles. The molecule has 6 heteroatoms. The molecule has 0 saturated carbocycles. The van der Waals surface area contributed by atoms with E-state index in [9.17, 15) is 20.0 Å². The molecule has 0 spiro atoms. The Bertz CT molecular complexity index is 735. The number of hydrogen-bond donors (Lipinski definition) is 1. The van der Waals surface area contributed by atoms with Crippen LogP contribution in [-0.4, -0.2) is 23.1 Å². The van der Waals surface area contributed by atoms with E-state index in [1.54, 1.807) is 30.3 Å². The fourth-order valence-electron chi connectivity index (χ4n) is 1.92. The molecule has 2 aromatic carbocycles. The van der Waals surface area contributed by atoms with E-state index in [0.717, 1.165) is 0 Å². The Morgan fingerprint density at radius 1 is 1.23 bits per heavy atom. The maximum atomic E-state index is 11.1. The average molecular weight is 299 g/mol. The van der Waals surface area contributed by atoms with Gasteiger partial charge >= 0.3 is 5.97 Å². The van der Waals surface area contributed by atoms with Crippen LogP contribution in [0, 0.1) is 10.1 Å². The summed E-state index contributed by atoms with van der Waals surface area (Å²) < 4.78 is 4.49. The van der Waals surface area contributed by atoms with E-state index < -0.39 is 10.9 Å². The van der Waals surface area contributed by atoms with Crippen LogP contribution in [0.2, 0.25) is 0 Å². The number of para-hydroxylation sites is 1. The van der Waals surface area contributed by atoms with E-state index in [4.69, 9.17) is 0 Å². The van der Waals surface area contributed by atoms with Gasteiger partial charge in [-0.05, 0) is 23.8 Å². The minimum absolute atomic E-state index is 0.0171. The molecule has 0 unspecified atom stereocenters. The van der Waals surface area contributed by atoms with Gasteiger partial charge in [0.05, 0.1) is 12.0 Å². The Morgan fingerprint density at radius 2 is 1.91 bits per heavy atom. The summed E-state index contributed by atoms with van der Waals surface area (Å²) in [6, 6.07) is 10.9. The number of nitrogens with zero attached hydrogens (tertiary/aromatic N) is 1. The van der Waals surface area contributed by atoms with Gasteiger partial charge < -0.3 is 9.84 Å². The van der Waals surface area contributed by atoms with E-state index in [1.165, 1.54) is 31.4 Å². The van der Waals surface area contributed by atoms with Gasteiger partial charge in [-0.2, -0.15) is 0 Å². The molecule has 2 rings (SSSR count). The van der Waals surface area contributed by atoms with Crippen LogP contribution in [0.3, 0.4) is 0 Å². The Kier molecular flexibility index (Phi) is 4.53. The van der Waals surface area contributed by atoms with Crippen LogP contribution in [0.25, 0.3) is 17.2 Å². The minimum Gasteiger partial charge on any atom is -0.507 e. The zero-order valence-corrected chi connectivity index (χ0v) is 11.7. The molecule has 0 aliphatic carbocycles. The highest BCUT2D eigenvalue weighted by Gasteiger charge is 2.10. The van der Waals surface area contributed by atoms with Crippen LogP contribution < -0.4 is 0 Å². The smallest absolute Gasteiger partial charge is 0.330 e. The molecule has 0 radical (unpaired) electrons. The van der Waals surface area contributed by atoms with Gasteiger partial charge in [0.15, 0.2) is 0 Å². The zero-order chi connectivity index (χ0) is 16.1. The highest BCUT2D eigenvalue weighted by molar-refractivity contribution is 5.88. The van der Waals surface area contributed by atoms with E-state index >= 15 is 0 Å². The number of aromatic hydroxyl groups is 1. The Morgan fingerprint density at radius 3 is 2.50 bits per heavy atom. The van der Waals surface area contributed by atoms with Crippen molar-refractivity contribution >= 4 is 17.7 Å². The molecule has 0 amide bonds. The number of nitro benzene ring substituents is 1. The molecule has 0 aliphatic heterocycles. The first-order chi connectivity index (χ1) is 10.5. The number of carbonyl (C=O) groups is 1. The molecule has 0 atom stereocenters. The number of ether oxygens (including phenoxy) is 1. The minimum atomic E-state index is -0.528. The van der Waals surface area contributed by atoms with E-state index in [2.05, 4.69) is 4.74 Å². The third kappa shape index (κ3) is 3.29. The summed E-state index contributed by atoms with van der Waals surface area (Å²) in [6.45, 7) is 0. The van der Waals surface area contributed by atoms with Crippen molar-refractivity contribution in [3.8, 4) is 16.9 Å². The van der Waals surface area contributed by atoms with Crippen molar-refractivity contribution in [2.75, 3.05) is 7.11 Å². The lowest BCUT2D eigenvalue weighted by Gasteiger charge is -2.07. The monoisotopic (exact) mass is 299 g/mol. The summed E-state index contributed by atoms with van der Waals surface area (Å²) in [5, 5.41) is 20.9. The number of benzene rings is 2. The van der Waals surface area contributed by atoms with Gasteiger partial charge in [-0.3, -0.25) is 10.1 Å². The van der Waals surface area contributed by atoms with Crippen LogP contribution in [0.5, 0.6) is 5.75 Å². The van der Waals surface area contributed by atoms with E-state index in [0.29, 0.717) is 16.7 Å². The van der Waals surface area contributed by atoms with Crippen molar-refractivity contribution in [1.29, 1.82) is 0 Å². The predicted octanol–water partition coefficient (Wildman–Crippen LogP) is 3.15. The van der Waals surface area contributed by atoms with Gasteiger partial charge in [-0.15, -0.1) is 0 Å². The van der Waals surface area contributed by atoms with Crippen LogP contribution in [0.15, 0.2) is 48.5 Å². The van der Waals surface area contributed by atoms with Gasteiger partial charge in [0.2, 0.25) is 0 Å². The van der Waals surface area contributed by atoms with Crippen molar-refractivity contribution in [2.45, 2.75) is 0 Å². The Balaban J connectivity index is 2.38. The summed E-state index contributed by atoms with van der Waals surface area (Å²) in [6.07, 6.45) is 2.64. The predicted molar refractivity (Wildman–Crippen MR) is 81.2 cm³/mol. The maximum absolute atomic E-state index is 11.1. The highest BCUT2D eigenvalue weighted by Crippen LogP contribution is 2.33. The largest absolute Gasteiger partial charge is 0.507 e. The highest BCUT2D eigenvalue weighted by atomic mass is 16.6. The first-order valence-corrected chi connectivity index (χ1v) is 6.35. The maximum Gasteiger partial charge on any atom is 0.330 e. The second kappa shape index (κ2) is 6.53. The van der Waals surface area contributed by atoms with Crippen molar-refractivity contribution in [3.63, 3.8) is 0 Å². The van der Waals surface area contributed by atoms with Crippen molar-refractivity contribution < 1.29 is 19.6 Å². The number of nitro groups is 1. The number of hydrogen-bond acceptors (Lipinski definition) is 5. The third-order valence-electron chi connectivity index (χ3n) is 3.06. The molecule has 1 N–H and O–H groups in total. The molecular formula is C16H13NO5. The summed E-state index contributed by atoms with van der Waals surface area (Å²) >= 11 is 0. The summed E-state index contributed by atoms with van der Waals surface area (Å²) in [5.74, 6) is -0.545. The number of esters is 1. The molecule has 0 aromatic heterocycles. The molecule has 112 valence electrons. The van der Waals surface area contributed by atoms with Crippen LogP contribution >= 0.6 is 0 Å². The van der Waals surface area contributed by atoms with Crippen LogP contribution in [-0.2, 0) is 9.53 Å². The molecule has 0 bridgehead atoms. The topological polar surface area (TPSA) is 89.7 Å². The molecule has 2 aromatic rings. The molecule has 0 aliphatic rings. The fourth-order valence-corrected chi connectivity index (χ4v) is 1.92. The van der Waals surface area contributed by atoms with Gasteiger partial charge in [0.1, 0.15) is 5.75 Å². The lowest BCUT2D eigenvalue weighted by molar-refractivity contribution is -0.384. The van der Waals surface area contributed by atoms with Crippen LogP contribution in [0.4, 0.5) is 5.69 Å². The Labute approximate surface area is 126 Å². The first kappa shape index (κ1) is 15.2. The van der Waals surface area contributed by atoms with E-state index in [1.807, 2.05) is 0 Å². The SMILES string of the molecule is COC(=O)/C=C/c1cccc(-c2ccc([N+](=O)[O-])cc2)c1O. The summed E-state index contributed by atoms with van der Waals surface area (Å²) in [5.41, 5.74) is 1.57. The number of methoxy groups -OCH3 is 1. The molecule has 22 heavy (non-hydrogen) atoms. The molecule has 0 heterocycles. The number of phenols is 1. The van der Waals surface area contributed by atoms with E-state index in [-0.39, 0.29) is 11.4 Å². The van der Waals surface area contributed by atoms with Crippen molar-refractivity contribution in [3.05, 3.63) is 64.2 Å². The second-order valence-electron chi connectivity index (χ2n) is 4.40. The van der Waals surface area contributed by atoms with Gasteiger partial charge in [-0.25, -0.2) is 4.79 Å². The Hall–Kier alpha value is -3.15. The summed E-state index contributed by atoms with van der Waals surface area (Å²) in [4.78, 5) is 21.3. The fraction of sp³-hybridized carbons (Fsp3) is 0.0625. The van der Waals surface area contributed by atoms with Gasteiger partial charge in [0, 0.05) is 29.3 Å². The number of rotatable bonds is 4. The van der Waals surface area contributed by atoms with Crippen molar-refractivity contribution in [2.24, 2.45) is 0 Å². The second-order valence-corrected chi connectivity index (χ2v) is 4.40. The molecular weight excluding hydrogens is 286 g/mol. The molecule has 6 nitrogen and oxygen atoms in total. The van der Waals surface area contributed by atoms with Gasteiger partial charge in [0.25, 0.3) is 5.69 Å². The number of carbonyl (C=O) groups excluding carboxylic acids is 1. The lowest BCUT2D eigenvalue weighted by Crippen LogP contribution is -1.93. The lowest BCUT2D eigenvalue weighted by atomic mass is 10.0. The number of non-ortho nitro benzene ring substituents is 1. The first-order valence-electron chi connectivity index (χ1n) is 6.35. The van der Waals surface area contributed by atoms with Crippen LogP contribution in [0.1, 0.15) is 5.56 Å². The van der Waals surface area contributed by atoms with Crippen molar-refractivity contribution in [1.82, 2.24) is 0 Å². The zero-order valence-electron chi connectivity index (χ0n) is 11.7. The quantitative estimate of drug-likeness (QED) is 0.405.